The van der Waals surface area contributed by atoms with Gasteiger partial charge in [-0.05, 0) is 59.8 Å². The molecule has 0 bridgehead atoms. The van der Waals surface area contributed by atoms with E-state index >= 15 is 0 Å². The highest BCUT2D eigenvalue weighted by molar-refractivity contribution is 7.89. The number of carbonyl (C=O) groups excluding carboxylic acids is 1. The monoisotopic (exact) mass is 497 g/mol. The maximum Gasteiger partial charge on any atom is 0.252 e. The molecule has 0 radical (unpaired) electrons. The zero-order valence-corrected chi connectivity index (χ0v) is 20.2. The number of aromatic nitrogens is 1. The number of halogens is 1. The molecule has 0 unspecified atom stereocenters. The fourth-order valence-corrected chi connectivity index (χ4v) is 5.24. The van der Waals surface area contributed by atoms with Crippen LogP contribution < -0.4 is 10.0 Å². The van der Waals surface area contributed by atoms with Crippen molar-refractivity contribution < 1.29 is 17.6 Å². The third-order valence-corrected chi connectivity index (χ3v) is 7.65. The number of fused-ring (bicyclic) bond motifs is 1. The molecule has 9 heteroatoms. The van der Waals surface area contributed by atoms with Crippen molar-refractivity contribution in [2.24, 2.45) is 0 Å². The van der Waals surface area contributed by atoms with Crippen molar-refractivity contribution in [3.05, 3.63) is 83.0 Å². The van der Waals surface area contributed by atoms with E-state index in [1.165, 1.54) is 35.6 Å². The van der Waals surface area contributed by atoms with Crippen LogP contribution in [-0.4, -0.2) is 25.9 Å². The second-order valence-corrected chi connectivity index (χ2v) is 10.5. The van der Waals surface area contributed by atoms with E-state index in [-0.39, 0.29) is 23.2 Å². The van der Waals surface area contributed by atoms with Crippen LogP contribution in [0.1, 0.15) is 35.7 Å². The number of pyridine rings is 1. The lowest BCUT2D eigenvalue weighted by molar-refractivity contribution is 0.0952. The van der Waals surface area contributed by atoms with Crippen LogP contribution in [0.5, 0.6) is 0 Å². The van der Waals surface area contributed by atoms with Crippen LogP contribution in [0.25, 0.3) is 21.5 Å². The summed E-state index contributed by atoms with van der Waals surface area (Å²) in [6.07, 6.45) is 1.60. The molecule has 2 aromatic heterocycles. The molecule has 0 saturated carbocycles. The van der Waals surface area contributed by atoms with Crippen molar-refractivity contribution in [1.82, 2.24) is 15.0 Å². The largest absolute Gasteiger partial charge is 0.348 e. The Morgan fingerprint density at radius 3 is 2.59 bits per heavy atom. The first-order valence-electron chi connectivity index (χ1n) is 10.9. The maximum absolute atomic E-state index is 13.2. The van der Waals surface area contributed by atoms with E-state index in [4.69, 9.17) is 0 Å². The van der Waals surface area contributed by atoms with Crippen molar-refractivity contribution in [3.63, 3.8) is 0 Å². The average molecular weight is 498 g/mol. The summed E-state index contributed by atoms with van der Waals surface area (Å²) < 4.78 is 41.3. The van der Waals surface area contributed by atoms with Crippen molar-refractivity contribution in [2.45, 2.75) is 31.2 Å². The van der Waals surface area contributed by atoms with Crippen molar-refractivity contribution in [2.75, 3.05) is 6.54 Å². The fourth-order valence-electron chi connectivity index (χ4n) is 3.46. The smallest absolute Gasteiger partial charge is 0.252 e. The Morgan fingerprint density at radius 1 is 1.09 bits per heavy atom. The van der Waals surface area contributed by atoms with Crippen LogP contribution in [0, 0.1) is 5.82 Å². The number of hydrogen-bond donors (Lipinski definition) is 2. The number of nitrogens with zero attached hydrogens (tertiary/aromatic N) is 1. The van der Waals surface area contributed by atoms with Crippen LogP contribution >= 0.6 is 11.3 Å². The number of amides is 1. The first-order chi connectivity index (χ1) is 16.4. The van der Waals surface area contributed by atoms with Gasteiger partial charge in [-0.3, -0.25) is 4.79 Å². The van der Waals surface area contributed by atoms with Gasteiger partial charge in [0.1, 0.15) is 5.82 Å². The minimum absolute atomic E-state index is 0.0781. The SMILES string of the molecule is CCCCNS(=O)(=O)c1ccc2nc(-c3cccs3)cc(C(=O)NCc3ccc(F)cc3)c2c1. The number of thiophene rings is 1. The van der Waals surface area contributed by atoms with Gasteiger partial charge in [-0.2, -0.15) is 0 Å². The lowest BCUT2D eigenvalue weighted by Crippen LogP contribution is -2.25. The van der Waals surface area contributed by atoms with Crippen molar-refractivity contribution in [3.8, 4) is 10.6 Å². The van der Waals surface area contributed by atoms with E-state index in [9.17, 15) is 17.6 Å². The summed E-state index contributed by atoms with van der Waals surface area (Å²) in [7, 11) is -3.72. The Labute approximate surface area is 201 Å². The lowest BCUT2D eigenvalue weighted by Gasteiger charge is -2.12. The molecule has 34 heavy (non-hydrogen) atoms. The van der Waals surface area contributed by atoms with Gasteiger partial charge >= 0.3 is 0 Å². The molecule has 1 amide bonds. The number of rotatable bonds is 9. The normalized spacial score (nSPS) is 11.6. The standard InChI is InChI=1S/C25H24FN3O3S2/c1-2-3-12-28-34(31,32)19-10-11-22-20(14-19)21(15-23(29-22)24-5-4-13-33-24)25(30)27-16-17-6-8-18(26)9-7-17/h4-11,13-15,28H,2-3,12,16H2,1H3,(H,27,30). The molecule has 0 aliphatic carbocycles. The molecular formula is C25H24FN3O3S2. The molecule has 0 fully saturated rings. The summed E-state index contributed by atoms with van der Waals surface area (Å²) in [4.78, 5) is 18.9. The molecule has 2 aromatic carbocycles. The Balaban J connectivity index is 1.72. The highest BCUT2D eigenvalue weighted by Gasteiger charge is 2.19. The zero-order valence-electron chi connectivity index (χ0n) is 18.5. The maximum atomic E-state index is 13.2. The van der Waals surface area contributed by atoms with E-state index < -0.39 is 10.0 Å². The first-order valence-corrected chi connectivity index (χ1v) is 13.2. The van der Waals surface area contributed by atoms with Gasteiger partial charge in [0.2, 0.25) is 10.0 Å². The summed E-state index contributed by atoms with van der Waals surface area (Å²) in [5, 5.41) is 5.21. The van der Waals surface area contributed by atoms with Gasteiger partial charge in [0.15, 0.2) is 0 Å². The van der Waals surface area contributed by atoms with Gasteiger partial charge in [-0.25, -0.2) is 22.5 Å². The van der Waals surface area contributed by atoms with Crippen LogP contribution in [-0.2, 0) is 16.6 Å². The summed E-state index contributed by atoms with van der Waals surface area (Å²) >= 11 is 1.50. The first kappa shape index (κ1) is 24.0. The molecule has 4 aromatic rings. The number of sulfonamides is 1. The van der Waals surface area contributed by atoms with Gasteiger partial charge in [-0.1, -0.05) is 31.5 Å². The Morgan fingerprint density at radius 2 is 1.88 bits per heavy atom. The van der Waals surface area contributed by atoms with Crippen LogP contribution in [0.15, 0.2) is 70.9 Å². The topological polar surface area (TPSA) is 88.2 Å². The van der Waals surface area contributed by atoms with Crippen LogP contribution in [0.4, 0.5) is 4.39 Å². The third kappa shape index (κ3) is 5.49. The molecular weight excluding hydrogens is 473 g/mol. The number of nitrogens with one attached hydrogen (secondary N) is 2. The van der Waals surface area contributed by atoms with E-state index in [1.807, 2.05) is 24.4 Å². The predicted octanol–water partition coefficient (Wildman–Crippen LogP) is 5.11. The third-order valence-electron chi connectivity index (χ3n) is 5.30. The molecule has 176 valence electrons. The summed E-state index contributed by atoms with van der Waals surface area (Å²) in [6.45, 7) is 2.53. The van der Waals surface area contributed by atoms with E-state index in [0.717, 1.165) is 23.3 Å². The number of hydrogen-bond acceptors (Lipinski definition) is 5. The zero-order chi connectivity index (χ0) is 24.1. The number of benzene rings is 2. The molecule has 0 atom stereocenters. The fraction of sp³-hybridized carbons (Fsp3) is 0.200. The molecule has 2 N–H and O–H groups in total. The molecule has 0 saturated heterocycles. The second-order valence-electron chi connectivity index (χ2n) is 7.77. The van der Waals surface area contributed by atoms with Gasteiger partial charge in [0.25, 0.3) is 5.91 Å². The predicted molar refractivity (Wildman–Crippen MR) is 133 cm³/mol. The van der Waals surface area contributed by atoms with Crippen LogP contribution in [0.3, 0.4) is 0 Å². The van der Waals surface area contributed by atoms with Crippen molar-refractivity contribution >= 4 is 38.2 Å². The number of carbonyl (C=O) groups is 1. The molecule has 2 heterocycles. The summed E-state index contributed by atoms with van der Waals surface area (Å²) in [5.74, 6) is -0.722. The van der Waals surface area contributed by atoms with E-state index in [1.54, 1.807) is 24.3 Å². The lowest BCUT2D eigenvalue weighted by atomic mass is 10.1. The van der Waals surface area contributed by atoms with Gasteiger partial charge < -0.3 is 5.32 Å². The molecule has 4 rings (SSSR count). The van der Waals surface area contributed by atoms with Crippen molar-refractivity contribution in [1.29, 1.82) is 0 Å². The van der Waals surface area contributed by atoms with Gasteiger partial charge in [0.05, 0.1) is 26.5 Å². The Kier molecular flexibility index (Phi) is 7.35. The minimum Gasteiger partial charge on any atom is -0.348 e. The molecule has 0 spiro atoms. The molecule has 0 aliphatic rings. The minimum atomic E-state index is -3.72. The molecule has 6 nitrogen and oxygen atoms in total. The Bertz CT molecular complexity index is 1400. The van der Waals surface area contributed by atoms with Crippen LogP contribution in [0.2, 0.25) is 0 Å². The summed E-state index contributed by atoms with van der Waals surface area (Å²) in [5.41, 5.74) is 2.22. The summed E-state index contributed by atoms with van der Waals surface area (Å²) in [6, 6.07) is 16.0. The van der Waals surface area contributed by atoms with E-state index in [0.29, 0.717) is 28.7 Å². The number of unbranched alkanes of at least 4 members (excludes halogenated alkanes) is 1. The second kappa shape index (κ2) is 10.4. The van der Waals surface area contributed by atoms with Gasteiger partial charge in [0, 0.05) is 18.5 Å². The molecule has 0 aliphatic heterocycles. The Hall–Kier alpha value is -3.14. The quantitative estimate of drug-likeness (QED) is 0.315. The highest BCUT2D eigenvalue weighted by atomic mass is 32.2. The van der Waals surface area contributed by atoms with E-state index in [2.05, 4.69) is 15.0 Å². The average Bonchev–Trinajstić information content (AvgIpc) is 3.37. The van der Waals surface area contributed by atoms with Gasteiger partial charge in [-0.15, -0.1) is 11.3 Å². The highest BCUT2D eigenvalue weighted by Crippen LogP contribution is 2.29.